The van der Waals surface area contributed by atoms with E-state index in [-0.39, 0.29) is 0 Å². The topological polar surface area (TPSA) is 21.3 Å². The van der Waals surface area contributed by atoms with Gasteiger partial charge in [-0.25, -0.2) is 0 Å². The lowest BCUT2D eigenvalue weighted by Gasteiger charge is -2.20. The SMILES string of the molecule is CCNC(CCC1CCCO1)Cc1ccccc1Cl. The lowest BCUT2D eigenvalue weighted by molar-refractivity contribution is 0.0996. The Morgan fingerprint density at radius 2 is 2.26 bits per heavy atom. The standard InChI is InChI=1S/C16H24ClNO/c1-2-18-14(9-10-15-7-5-11-19-15)12-13-6-3-4-8-16(13)17/h3-4,6,8,14-15,18H,2,5,7,9-12H2,1H3. The molecule has 1 saturated heterocycles. The number of likely N-dealkylation sites (N-methyl/N-ethyl adjacent to an activating group) is 1. The van der Waals surface area contributed by atoms with E-state index < -0.39 is 0 Å². The quantitative estimate of drug-likeness (QED) is 0.820. The molecular weight excluding hydrogens is 258 g/mol. The summed E-state index contributed by atoms with van der Waals surface area (Å²) in [5.74, 6) is 0. The molecule has 0 bridgehead atoms. The van der Waals surface area contributed by atoms with Gasteiger partial charge < -0.3 is 10.1 Å². The first-order valence-electron chi connectivity index (χ1n) is 7.38. The Labute approximate surface area is 121 Å². The minimum absolute atomic E-state index is 0.479. The largest absolute Gasteiger partial charge is 0.378 e. The van der Waals surface area contributed by atoms with Crippen LogP contribution >= 0.6 is 11.6 Å². The molecule has 2 rings (SSSR count). The Balaban J connectivity index is 1.86. The highest BCUT2D eigenvalue weighted by atomic mass is 35.5. The van der Waals surface area contributed by atoms with Crippen molar-refractivity contribution in [2.75, 3.05) is 13.2 Å². The molecule has 2 atom stereocenters. The van der Waals surface area contributed by atoms with Gasteiger partial charge in [0.25, 0.3) is 0 Å². The molecule has 1 aliphatic heterocycles. The van der Waals surface area contributed by atoms with E-state index in [0.29, 0.717) is 12.1 Å². The molecule has 1 heterocycles. The molecule has 0 radical (unpaired) electrons. The third-order valence-corrected chi connectivity index (χ3v) is 4.15. The van der Waals surface area contributed by atoms with Crippen LogP contribution in [0.2, 0.25) is 5.02 Å². The van der Waals surface area contributed by atoms with Gasteiger partial charge in [-0.2, -0.15) is 0 Å². The number of rotatable bonds is 7. The maximum Gasteiger partial charge on any atom is 0.0576 e. The lowest BCUT2D eigenvalue weighted by Crippen LogP contribution is -2.32. The fourth-order valence-electron chi connectivity index (χ4n) is 2.75. The minimum atomic E-state index is 0.479. The summed E-state index contributed by atoms with van der Waals surface area (Å²) in [5, 5.41) is 4.45. The highest BCUT2D eigenvalue weighted by Crippen LogP contribution is 2.21. The van der Waals surface area contributed by atoms with Crippen LogP contribution < -0.4 is 5.32 Å². The predicted molar refractivity (Wildman–Crippen MR) is 80.8 cm³/mol. The molecule has 0 aromatic heterocycles. The molecule has 1 aliphatic rings. The van der Waals surface area contributed by atoms with E-state index in [0.717, 1.165) is 37.4 Å². The molecule has 0 spiro atoms. The van der Waals surface area contributed by atoms with Gasteiger partial charge in [0, 0.05) is 17.7 Å². The molecule has 2 nitrogen and oxygen atoms in total. The van der Waals surface area contributed by atoms with Crippen LogP contribution in [0.15, 0.2) is 24.3 Å². The number of benzene rings is 1. The molecular formula is C16H24ClNO. The van der Waals surface area contributed by atoms with Crippen molar-refractivity contribution < 1.29 is 4.74 Å². The van der Waals surface area contributed by atoms with E-state index in [1.165, 1.54) is 18.4 Å². The average molecular weight is 282 g/mol. The Hall–Kier alpha value is -0.570. The molecule has 19 heavy (non-hydrogen) atoms. The number of nitrogens with one attached hydrogen (secondary N) is 1. The molecule has 2 unspecified atom stereocenters. The summed E-state index contributed by atoms with van der Waals surface area (Å²) in [7, 11) is 0. The molecule has 106 valence electrons. The zero-order chi connectivity index (χ0) is 13.5. The van der Waals surface area contributed by atoms with Gasteiger partial charge in [0.1, 0.15) is 0 Å². The van der Waals surface area contributed by atoms with Crippen molar-refractivity contribution in [3.63, 3.8) is 0 Å². The highest BCUT2D eigenvalue weighted by Gasteiger charge is 2.18. The molecule has 1 N–H and O–H groups in total. The highest BCUT2D eigenvalue weighted by molar-refractivity contribution is 6.31. The molecule has 1 aromatic rings. The maximum absolute atomic E-state index is 6.24. The number of halogens is 1. The molecule has 0 aliphatic carbocycles. The number of ether oxygens (including phenoxy) is 1. The van der Waals surface area contributed by atoms with Crippen LogP contribution in [0.5, 0.6) is 0 Å². The van der Waals surface area contributed by atoms with Gasteiger partial charge in [0.2, 0.25) is 0 Å². The van der Waals surface area contributed by atoms with Crippen molar-refractivity contribution in [3.05, 3.63) is 34.9 Å². The van der Waals surface area contributed by atoms with Gasteiger partial charge in [-0.1, -0.05) is 36.7 Å². The summed E-state index contributed by atoms with van der Waals surface area (Å²) in [6, 6.07) is 8.64. The molecule has 1 aromatic carbocycles. The summed E-state index contributed by atoms with van der Waals surface area (Å²) in [6.07, 6.45) is 6.24. The van der Waals surface area contributed by atoms with Crippen molar-refractivity contribution in [3.8, 4) is 0 Å². The van der Waals surface area contributed by atoms with Crippen molar-refractivity contribution in [2.45, 2.75) is 51.2 Å². The van der Waals surface area contributed by atoms with Crippen molar-refractivity contribution in [1.29, 1.82) is 0 Å². The summed E-state index contributed by atoms with van der Waals surface area (Å²) < 4.78 is 5.70. The predicted octanol–water partition coefficient (Wildman–Crippen LogP) is 3.82. The van der Waals surface area contributed by atoms with Crippen LogP contribution in [0, 0.1) is 0 Å². The molecule has 1 fully saturated rings. The van der Waals surface area contributed by atoms with Gasteiger partial charge in [0.15, 0.2) is 0 Å². The second kappa shape index (κ2) is 7.88. The summed E-state index contributed by atoms with van der Waals surface area (Å²) in [6.45, 7) is 4.10. The molecule has 0 amide bonds. The zero-order valence-electron chi connectivity index (χ0n) is 11.7. The van der Waals surface area contributed by atoms with E-state index in [4.69, 9.17) is 16.3 Å². The second-order valence-electron chi connectivity index (χ2n) is 5.26. The first-order valence-corrected chi connectivity index (χ1v) is 7.75. The van der Waals surface area contributed by atoms with Crippen molar-refractivity contribution in [2.24, 2.45) is 0 Å². The van der Waals surface area contributed by atoms with Crippen LogP contribution in [0.4, 0.5) is 0 Å². The Kier molecular flexibility index (Phi) is 6.15. The second-order valence-corrected chi connectivity index (χ2v) is 5.67. The smallest absolute Gasteiger partial charge is 0.0576 e. The van der Waals surface area contributed by atoms with E-state index in [1.807, 2.05) is 12.1 Å². The Morgan fingerprint density at radius 1 is 1.42 bits per heavy atom. The van der Waals surface area contributed by atoms with Gasteiger partial charge in [-0.3, -0.25) is 0 Å². The number of hydrogen-bond acceptors (Lipinski definition) is 2. The van der Waals surface area contributed by atoms with Gasteiger partial charge in [0.05, 0.1) is 6.10 Å². The van der Waals surface area contributed by atoms with Crippen molar-refractivity contribution in [1.82, 2.24) is 5.32 Å². The third kappa shape index (κ3) is 4.79. The fraction of sp³-hybridized carbons (Fsp3) is 0.625. The van der Waals surface area contributed by atoms with Crippen LogP contribution in [0.1, 0.15) is 38.2 Å². The first-order chi connectivity index (χ1) is 9.29. The Bertz CT molecular complexity index is 377. The van der Waals surface area contributed by atoms with Crippen LogP contribution in [-0.2, 0) is 11.2 Å². The van der Waals surface area contributed by atoms with Crippen LogP contribution in [0.3, 0.4) is 0 Å². The third-order valence-electron chi connectivity index (χ3n) is 3.78. The molecule has 3 heteroatoms. The van der Waals surface area contributed by atoms with Gasteiger partial charge in [-0.05, 0) is 50.3 Å². The van der Waals surface area contributed by atoms with Crippen molar-refractivity contribution >= 4 is 11.6 Å². The first kappa shape index (κ1) is 14.8. The number of hydrogen-bond donors (Lipinski definition) is 1. The van der Waals surface area contributed by atoms with Gasteiger partial charge >= 0.3 is 0 Å². The van der Waals surface area contributed by atoms with E-state index in [9.17, 15) is 0 Å². The Morgan fingerprint density at radius 3 is 2.95 bits per heavy atom. The van der Waals surface area contributed by atoms with Gasteiger partial charge in [-0.15, -0.1) is 0 Å². The average Bonchev–Trinajstić information content (AvgIpc) is 2.92. The summed E-state index contributed by atoms with van der Waals surface area (Å²) >= 11 is 6.24. The molecule has 0 saturated carbocycles. The summed E-state index contributed by atoms with van der Waals surface area (Å²) in [5.41, 5.74) is 1.24. The van der Waals surface area contributed by atoms with E-state index in [2.05, 4.69) is 24.4 Å². The normalized spacial score (nSPS) is 20.6. The monoisotopic (exact) mass is 281 g/mol. The lowest BCUT2D eigenvalue weighted by atomic mass is 9.99. The minimum Gasteiger partial charge on any atom is -0.378 e. The maximum atomic E-state index is 6.24. The van der Waals surface area contributed by atoms with Crippen LogP contribution in [-0.4, -0.2) is 25.3 Å². The summed E-state index contributed by atoms with van der Waals surface area (Å²) in [4.78, 5) is 0. The fourth-order valence-corrected chi connectivity index (χ4v) is 2.97. The van der Waals surface area contributed by atoms with E-state index >= 15 is 0 Å². The van der Waals surface area contributed by atoms with Crippen LogP contribution in [0.25, 0.3) is 0 Å². The van der Waals surface area contributed by atoms with E-state index in [1.54, 1.807) is 0 Å². The zero-order valence-corrected chi connectivity index (χ0v) is 12.5.